The summed E-state index contributed by atoms with van der Waals surface area (Å²) in [6, 6.07) is 12.4. The second-order valence-electron chi connectivity index (χ2n) is 4.69. The summed E-state index contributed by atoms with van der Waals surface area (Å²) in [4.78, 5) is 16.2. The monoisotopic (exact) mass is 319 g/mol. The first-order chi connectivity index (χ1) is 10.5. The van der Waals surface area contributed by atoms with Crippen LogP contribution in [0, 0.1) is 0 Å². The van der Waals surface area contributed by atoms with Gasteiger partial charge in [0.1, 0.15) is 0 Å². The van der Waals surface area contributed by atoms with Crippen molar-refractivity contribution in [1.82, 2.24) is 15.0 Å². The molecule has 22 heavy (non-hydrogen) atoms. The smallest absolute Gasteiger partial charge is 0.241 e. The zero-order chi connectivity index (χ0) is 16.0. The quantitative estimate of drug-likeness (QED) is 0.833. The Kier molecular flexibility index (Phi) is 5.24. The van der Waals surface area contributed by atoms with Crippen molar-refractivity contribution in [3.8, 4) is 0 Å². The third-order valence-corrected chi connectivity index (χ3v) is 4.51. The Morgan fingerprint density at radius 2 is 1.82 bits per heavy atom. The van der Waals surface area contributed by atoms with Crippen LogP contribution in [0.1, 0.15) is 12.6 Å². The molecule has 2 aromatic rings. The first-order valence-corrected chi connectivity index (χ1v) is 8.22. The van der Waals surface area contributed by atoms with Gasteiger partial charge in [0.2, 0.25) is 15.9 Å². The van der Waals surface area contributed by atoms with Crippen LogP contribution in [-0.2, 0) is 21.4 Å². The van der Waals surface area contributed by atoms with E-state index in [-0.39, 0.29) is 11.4 Å². The number of hydrogen-bond acceptors (Lipinski definition) is 4. The van der Waals surface area contributed by atoms with Crippen molar-refractivity contribution in [2.24, 2.45) is 0 Å². The van der Waals surface area contributed by atoms with E-state index in [1.807, 2.05) is 6.07 Å². The predicted molar refractivity (Wildman–Crippen MR) is 82.3 cm³/mol. The molecular weight excluding hydrogens is 302 g/mol. The SMILES string of the molecule is CC(NS(=O)(=O)c1ccccc1)C(=O)NCc1ccccn1. The molecule has 0 bridgehead atoms. The van der Waals surface area contributed by atoms with Crippen molar-refractivity contribution in [3.05, 3.63) is 60.4 Å². The molecule has 1 amide bonds. The summed E-state index contributed by atoms with van der Waals surface area (Å²) >= 11 is 0. The highest BCUT2D eigenvalue weighted by atomic mass is 32.2. The van der Waals surface area contributed by atoms with E-state index >= 15 is 0 Å². The maximum absolute atomic E-state index is 12.1. The summed E-state index contributed by atoms with van der Waals surface area (Å²) in [5.41, 5.74) is 0.703. The van der Waals surface area contributed by atoms with E-state index < -0.39 is 22.0 Å². The Labute approximate surface area is 129 Å². The molecule has 0 aliphatic carbocycles. The van der Waals surface area contributed by atoms with Crippen LogP contribution in [0.25, 0.3) is 0 Å². The van der Waals surface area contributed by atoms with Gasteiger partial charge >= 0.3 is 0 Å². The van der Waals surface area contributed by atoms with Gasteiger partial charge in [0.25, 0.3) is 0 Å². The zero-order valence-electron chi connectivity index (χ0n) is 12.1. The minimum absolute atomic E-state index is 0.124. The van der Waals surface area contributed by atoms with Crippen LogP contribution in [0.2, 0.25) is 0 Å². The molecule has 0 fully saturated rings. The Morgan fingerprint density at radius 3 is 2.45 bits per heavy atom. The van der Waals surface area contributed by atoms with E-state index in [4.69, 9.17) is 0 Å². The topological polar surface area (TPSA) is 88.2 Å². The number of rotatable bonds is 6. The van der Waals surface area contributed by atoms with Crippen LogP contribution >= 0.6 is 0 Å². The molecule has 0 saturated carbocycles. The number of benzene rings is 1. The number of carbonyl (C=O) groups is 1. The summed E-state index contributed by atoms with van der Waals surface area (Å²) in [6.07, 6.45) is 1.63. The minimum atomic E-state index is -3.71. The number of nitrogens with one attached hydrogen (secondary N) is 2. The Hall–Kier alpha value is -2.25. The van der Waals surface area contributed by atoms with E-state index in [0.717, 1.165) is 0 Å². The highest BCUT2D eigenvalue weighted by molar-refractivity contribution is 7.89. The van der Waals surface area contributed by atoms with Gasteiger partial charge in [-0.05, 0) is 31.2 Å². The van der Waals surface area contributed by atoms with E-state index in [1.54, 1.807) is 36.5 Å². The van der Waals surface area contributed by atoms with Crippen molar-refractivity contribution in [3.63, 3.8) is 0 Å². The average molecular weight is 319 g/mol. The van der Waals surface area contributed by atoms with Crippen LogP contribution in [0.5, 0.6) is 0 Å². The average Bonchev–Trinajstić information content (AvgIpc) is 2.54. The maximum atomic E-state index is 12.1. The number of aromatic nitrogens is 1. The molecule has 1 aromatic carbocycles. The lowest BCUT2D eigenvalue weighted by atomic mass is 10.3. The highest BCUT2D eigenvalue weighted by Crippen LogP contribution is 2.08. The lowest BCUT2D eigenvalue weighted by Crippen LogP contribution is -2.44. The number of sulfonamides is 1. The highest BCUT2D eigenvalue weighted by Gasteiger charge is 2.21. The summed E-state index contributed by atoms with van der Waals surface area (Å²) in [6.45, 7) is 1.74. The lowest BCUT2D eigenvalue weighted by Gasteiger charge is -2.14. The van der Waals surface area contributed by atoms with E-state index in [9.17, 15) is 13.2 Å². The van der Waals surface area contributed by atoms with Crippen LogP contribution in [0.3, 0.4) is 0 Å². The molecule has 0 saturated heterocycles. The van der Waals surface area contributed by atoms with Gasteiger partial charge in [-0.2, -0.15) is 4.72 Å². The summed E-state index contributed by atoms with van der Waals surface area (Å²) < 4.78 is 26.6. The van der Waals surface area contributed by atoms with Gasteiger partial charge in [-0.25, -0.2) is 8.42 Å². The van der Waals surface area contributed by atoms with Gasteiger partial charge in [-0.1, -0.05) is 24.3 Å². The van der Waals surface area contributed by atoms with E-state index in [1.165, 1.54) is 19.1 Å². The van der Waals surface area contributed by atoms with Gasteiger partial charge in [-0.15, -0.1) is 0 Å². The van der Waals surface area contributed by atoms with Crippen molar-refractivity contribution < 1.29 is 13.2 Å². The second kappa shape index (κ2) is 7.15. The van der Waals surface area contributed by atoms with Gasteiger partial charge in [0, 0.05) is 6.20 Å². The van der Waals surface area contributed by atoms with Crippen molar-refractivity contribution in [2.75, 3.05) is 0 Å². The summed E-state index contributed by atoms with van der Waals surface area (Å²) in [7, 11) is -3.71. The Morgan fingerprint density at radius 1 is 1.14 bits per heavy atom. The molecule has 116 valence electrons. The van der Waals surface area contributed by atoms with E-state index in [2.05, 4.69) is 15.0 Å². The molecule has 1 unspecified atom stereocenters. The molecular formula is C15H17N3O3S. The molecule has 1 heterocycles. The van der Waals surface area contributed by atoms with Crippen molar-refractivity contribution in [1.29, 1.82) is 0 Å². The molecule has 7 heteroatoms. The molecule has 2 N–H and O–H groups in total. The molecule has 0 aliphatic heterocycles. The minimum Gasteiger partial charge on any atom is -0.349 e. The first-order valence-electron chi connectivity index (χ1n) is 6.74. The van der Waals surface area contributed by atoms with Gasteiger partial charge in [-0.3, -0.25) is 9.78 Å². The Balaban J connectivity index is 1.94. The summed E-state index contributed by atoms with van der Waals surface area (Å²) in [5, 5.41) is 2.64. The van der Waals surface area contributed by atoms with Crippen LogP contribution < -0.4 is 10.0 Å². The molecule has 0 aliphatic rings. The second-order valence-corrected chi connectivity index (χ2v) is 6.41. The fourth-order valence-corrected chi connectivity index (χ4v) is 3.01. The van der Waals surface area contributed by atoms with Gasteiger partial charge in [0.15, 0.2) is 0 Å². The number of pyridine rings is 1. The molecule has 2 rings (SSSR count). The number of hydrogen-bond donors (Lipinski definition) is 2. The summed E-state index contributed by atoms with van der Waals surface area (Å²) in [5.74, 6) is -0.412. The fraction of sp³-hybridized carbons (Fsp3) is 0.200. The van der Waals surface area contributed by atoms with Crippen LogP contribution in [0.15, 0.2) is 59.6 Å². The molecule has 0 radical (unpaired) electrons. The van der Waals surface area contributed by atoms with E-state index in [0.29, 0.717) is 5.69 Å². The van der Waals surface area contributed by atoms with Crippen molar-refractivity contribution in [2.45, 2.75) is 24.4 Å². The van der Waals surface area contributed by atoms with Gasteiger partial charge < -0.3 is 5.32 Å². The normalized spacial score (nSPS) is 12.6. The molecule has 6 nitrogen and oxygen atoms in total. The largest absolute Gasteiger partial charge is 0.349 e. The van der Waals surface area contributed by atoms with Crippen molar-refractivity contribution >= 4 is 15.9 Å². The van der Waals surface area contributed by atoms with Gasteiger partial charge in [0.05, 0.1) is 23.2 Å². The predicted octanol–water partition coefficient (Wildman–Crippen LogP) is 1.06. The number of nitrogens with zero attached hydrogens (tertiary/aromatic N) is 1. The molecule has 1 atom stereocenters. The number of carbonyl (C=O) groups excluding carboxylic acids is 1. The standard InChI is InChI=1S/C15H17N3O3S/c1-12(15(19)17-11-13-7-5-6-10-16-13)18-22(20,21)14-8-3-2-4-9-14/h2-10,12,18H,11H2,1H3,(H,17,19). The maximum Gasteiger partial charge on any atom is 0.241 e. The Bertz CT molecular complexity index is 718. The lowest BCUT2D eigenvalue weighted by molar-refractivity contribution is -0.122. The third kappa shape index (κ3) is 4.37. The van der Waals surface area contributed by atoms with Crippen LogP contribution in [0.4, 0.5) is 0 Å². The number of amides is 1. The third-order valence-electron chi connectivity index (χ3n) is 2.95. The van der Waals surface area contributed by atoms with Crippen LogP contribution in [-0.4, -0.2) is 25.4 Å². The first kappa shape index (κ1) is 16.1. The molecule has 1 aromatic heterocycles. The molecule has 0 spiro atoms. The fourth-order valence-electron chi connectivity index (χ4n) is 1.79. The zero-order valence-corrected chi connectivity index (χ0v) is 12.9.